The van der Waals surface area contributed by atoms with Gasteiger partial charge in [0, 0.05) is 20.3 Å². The number of carbonyl (C=O) groups is 2. The minimum absolute atomic E-state index is 0.224. The molecule has 2 unspecified atom stereocenters. The van der Waals surface area contributed by atoms with Crippen LogP contribution in [0.15, 0.2) is 18.3 Å². The van der Waals surface area contributed by atoms with Gasteiger partial charge in [-0.2, -0.15) is 0 Å². The number of carbonyl (C=O) groups excluding carboxylic acids is 1. The summed E-state index contributed by atoms with van der Waals surface area (Å²) in [5.41, 5.74) is 0.613. The summed E-state index contributed by atoms with van der Waals surface area (Å²) in [6, 6.07) is 3.52. The van der Waals surface area contributed by atoms with Gasteiger partial charge >= 0.3 is 5.97 Å². The summed E-state index contributed by atoms with van der Waals surface area (Å²) in [4.78, 5) is 29.8. The average molecular weight is 291 g/mol. The average Bonchev–Trinajstić information content (AvgIpc) is 2.47. The lowest BCUT2D eigenvalue weighted by molar-refractivity contribution is -0.147. The van der Waals surface area contributed by atoms with E-state index >= 15 is 0 Å². The van der Waals surface area contributed by atoms with Gasteiger partial charge in [0.05, 0.1) is 17.5 Å². The molecule has 1 aliphatic rings. The highest BCUT2D eigenvalue weighted by atomic mass is 16.4. The van der Waals surface area contributed by atoms with Gasteiger partial charge in [0.2, 0.25) is 5.91 Å². The number of anilines is 2. The van der Waals surface area contributed by atoms with Gasteiger partial charge in [0.1, 0.15) is 0 Å². The van der Waals surface area contributed by atoms with Crippen molar-refractivity contribution in [2.45, 2.75) is 25.7 Å². The van der Waals surface area contributed by atoms with Gasteiger partial charge in [-0.1, -0.05) is 12.8 Å². The second-order valence-electron chi connectivity index (χ2n) is 5.59. The fourth-order valence-corrected chi connectivity index (χ4v) is 2.82. The van der Waals surface area contributed by atoms with E-state index in [9.17, 15) is 14.7 Å². The second-order valence-corrected chi connectivity index (χ2v) is 5.59. The van der Waals surface area contributed by atoms with Crippen molar-refractivity contribution in [1.29, 1.82) is 0 Å². The monoisotopic (exact) mass is 291 g/mol. The van der Waals surface area contributed by atoms with E-state index in [-0.39, 0.29) is 5.91 Å². The Kier molecular flexibility index (Phi) is 4.77. The number of pyridine rings is 1. The Hall–Kier alpha value is -2.11. The SMILES string of the molecule is CN(C)c1ncccc1NC(=O)C1CCCCC1C(=O)O. The molecule has 0 aromatic carbocycles. The number of rotatable bonds is 4. The summed E-state index contributed by atoms with van der Waals surface area (Å²) < 4.78 is 0. The topological polar surface area (TPSA) is 82.5 Å². The van der Waals surface area contributed by atoms with Crippen LogP contribution in [0.3, 0.4) is 0 Å². The van der Waals surface area contributed by atoms with E-state index in [1.165, 1.54) is 0 Å². The highest BCUT2D eigenvalue weighted by molar-refractivity contribution is 5.97. The molecule has 1 saturated carbocycles. The van der Waals surface area contributed by atoms with Crippen molar-refractivity contribution in [3.8, 4) is 0 Å². The minimum Gasteiger partial charge on any atom is -0.481 e. The number of aromatic nitrogens is 1. The van der Waals surface area contributed by atoms with Crippen LogP contribution in [0.1, 0.15) is 25.7 Å². The molecule has 0 saturated heterocycles. The first-order valence-electron chi connectivity index (χ1n) is 7.16. The highest BCUT2D eigenvalue weighted by Gasteiger charge is 2.35. The molecule has 0 radical (unpaired) electrons. The summed E-state index contributed by atoms with van der Waals surface area (Å²) in [6.45, 7) is 0. The molecular formula is C15H21N3O3. The lowest BCUT2D eigenvalue weighted by atomic mass is 9.78. The number of nitrogens with one attached hydrogen (secondary N) is 1. The number of amides is 1. The van der Waals surface area contributed by atoms with E-state index in [4.69, 9.17) is 0 Å². The van der Waals surface area contributed by atoms with Crippen LogP contribution in [0.2, 0.25) is 0 Å². The first-order valence-corrected chi connectivity index (χ1v) is 7.16. The molecule has 6 heteroatoms. The molecule has 1 aromatic rings. The Morgan fingerprint density at radius 3 is 2.57 bits per heavy atom. The normalized spacial score (nSPS) is 21.6. The molecule has 1 fully saturated rings. The summed E-state index contributed by atoms with van der Waals surface area (Å²) in [5, 5.41) is 12.1. The van der Waals surface area contributed by atoms with E-state index in [0.29, 0.717) is 24.3 Å². The van der Waals surface area contributed by atoms with Gasteiger partial charge in [0.15, 0.2) is 5.82 Å². The number of carboxylic acids is 1. The zero-order valence-corrected chi connectivity index (χ0v) is 12.4. The zero-order chi connectivity index (χ0) is 15.4. The van der Waals surface area contributed by atoms with Crippen LogP contribution in [0.5, 0.6) is 0 Å². The van der Waals surface area contributed by atoms with Gasteiger partial charge < -0.3 is 15.3 Å². The molecule has 1 heterocycles. The van der Waals surface area contributed by atoms with Crippen LogP contribution in [0.25, 0.3) is 0 Å². The summed E-state index contributed by atoms with van der Waals surface area (Å²) in [6.07, 6.45) is 4.62. The Balaban J connectivity index is 2.15. The Labute approximate surface area is 124 Å². The van der Waals surface area contributed by atoms with Crippen LogP contribution >= 0.6 is 0 Å². The molecule has 6 nitrogen and oxygen atoms in total. The lowest BCUT2D eigenvalue weighted by Crippen LogP contribution is -2.36. The van der Waals surface area contributed by atoms with Crippen LogP contribution in [0.4, 0.5) is 11.5 Å². The third kappa shape index (κ3) is 3.51. The molecule has 0 spiro atoms. The lowest BCUT2D eigenvalue weighted by Gasteiger charge is -2.28. The zero-order valence-electron chi connectivity index (χ0n) is 12.4. The van der Waals surface area contributed by atoms with Gasteiger partial charge in [0.25, 0.3) is 0 Å². The van der Waals surface area contributed by atoms with E-state index < -0.39 is 17.8 Å². The third-order valence-corrected chi connectivity index (χ3v) is 3.89. The van der Waals surface area contributed by atoms with Crippen LogP contribution in [-0.2, 0) is 9.59 Å². The molecule has 0 aliphatic heterocycles. The number of hydrogen-bond donors (Lipinski definition) is 2. The van der Waals surface area contributed by atoms with Gasteiger partial charge in [-0.3, -0.25) is 9.59 Å². The van der Waals surface area contributed by atoms with Crippen LogP contribution in [0, 0.1) is 11.8 Å². The van der Waals surface area contributed by atoms with Crippen LogP contribution in [-0.4, -0.2) is 36.1 Å². The molecule has 2 atom stereocenters. The van der Waals surface area contributed by atoms with E-state index in [0.717, 1.165) is 12.8 Å². The number of nitrogens with zero attached hydrogens (tertiary/aromatic N) is 2. The van der Waals surface area contributed by atoms with E-state index in [2.05, 4.69) is 10.3 Å². The molecule has 1 aliphatic carbocycles. The highest BCUT2D eigenvalue weighted by Crippen LogP contribution is 2.32. The fraction of sp³-hybridized carbons (Fsp3) is 0.533. The van der Waals surface area contributed by atoms with Gasteiger partial charge in [-0.25, -0.2) is 4.98 Å². The summed E-state index contributed by atoms with van der Waals surface area (Å²) in [5.74, 6) is -1.50. The number of carboxylic acid groups (broad SMARTS) is 1. The van der Waals surface area contributed by atoms with Crippen molar-refractivity contribution in [3.05, 3.63) is 18.3 Å². The largest absolute Gasteiger partial charge is 0.481 e. The molecule has 21 heavy (non-hydrogen) atoms. The third-order valence-electron chi connectivity index (χ3n) is 3.89. The van der Waals surface area contributed by atoms with Gasteiger partial charge in [-0.05, 0) is 25.0 Å². The molecule has 114 valence electrons. The quantitative estimate of drug-likeness (QED) is 0.886. The molecule has 1 aromatic heterocycles. The first-order chi connectivity index (χ1) is 10.0. The van der Waals surface area contributed by atoms with E-state index in [1.807, 2.05) is 19.0 Å². The maximum absolute atomic E-state index is 12.4. The molecule has 0 bridgehead atoms. The van der Waals surface area contributed by atoms with Crippen molar-refractivity contribution in [2.24, 2.45) is 11.8 Å². The maximum atomic E-state index is 12.4. The van der Waals surface area contributed by atoms with Crippen molar-refractivity contribution >= 4 is 23.4 Å². The van der Waals surface area contributed by atoms with Crippen LogP contribution < -0.4 is 10.2 Å². The molecule has 2 rings (SSSR count). The molecular weight excluding hydrogens is 270 g/mol. The Morgan fingerprint density at radius 2 is 1.95 bits per heavy atom. The minimum atomic E-state index is -0.881. The summed E-state index contributed by atoms with van der Waals surface area (Å²) >= 11 is 0. The van der Waals surface area contributed by atoms with Crippen molar-refractivity contribution < 1.29 is 14.7 Å². The standard InChI is InChI=1S/C15H21N3O3/c1-18(2)13-12(8-5-9-16-13)17-14(19)10-6-3-4-7-11(10)15(20)21/h5,8-11H,3-4,6-7H2,1-2H3,(H,17,19)(H,20,21). The first kappa shape index (κ1) is 15.3. The predicted octanol–water partition coefficient (Wildman–Crippen LogP) is 1.98. The summed E-state index contributed by atoms with van der Waals surface area (Å²) in [7, 11) is 3.69. The molecule has 2 N–H and O–H groups in total. The Morgan fingerprint density at radius 1 is 1.29 bits per heavy atom. The molecule has 1 amide bonds. The predicted molar refractivity (Wildman–Crippen MR) is 80.3 cm³/mol. The van der Waals surface area contributed by atoms with Gasteiger partial charge in [-0.15, -0.1) is 0 Å². The fourth-order valence-electron chi connectivity index (χ4n) is 2.82. The Bertz CT molecular complexity index is 531. The smallest absolute Gasteiger partial charge is 0.307 e. The second kappa shape index (κ2) is 6.56. The van der Waals surface area contributed by atoms with Crippen molar-refractivity contribution in [2.75, 3.05) is 24.3 Å². The van der Waals surface area contributed by atoms with E-state index in [1.54, 1.807) is 18.3 Å². The number of hydrogen-bond acceptors (Lipinski definition) is 4. The van der Waals surface area contributed by atoms with Crippen molar-refractivity contribution in [3.63, 3.8) is 0 Å². The maximum Gasteiger partial charge on any atom is 0.307 e. The van der Waals surface area contributed by atoms with Crippen molar-refractivity contribution in [1.82, 2.24) is 4.98 Å². The number of aliphatic carboxylic acids is 1.